The van der Waals surface area contributed by atoms with Gasteiger partial charge in [0.1, 0.15) is 11.6 Å². The summed E-state index contributed by atoms with van der Waals surface area (Å²) in [4.78, 5) is 0. The van der Waals surface area contributed by atoms with Gasteiger partial charge in [0.05, 0.1) is 0 Å². The van der Waals surface area contributed by atoms with E-state index in [1.54, 1.807) is 0 Å². The number of hydrogen-bond acceptors (Lipinski definition) is 0. The molecule has 0 aliphatic heterocycles. The first-order chi connectivity index (χ1) is 9.11. The smallest absolute Gasteiger partial charge is 0.129 e. The molecule has 1 unspecified atom stereocenters. The Bertz CT molecular complexity index is 572. The van der Waals surface area contributed by atoms with Crippen molar-refractivity contribution in [2.24, 2.45) is 0 Å². The van der Waals surface area contributed by atoms with Gasteiger partial charge in [0.15, 0.2) is 0 Å². The van der Waals surface area contributed by atoms with Crippen LogP contribution < -0.4 is 0 Å². The summed E-state index contributed by atoms with van der Waals surface area (Å²) in [6, 6.07) is 11.2. The monoisotopic (exact) mass is 344 g/mol. The van der Waals surface area contributed by atoms with Crippen molar-refractivity contribution >= 4 is 27.5 Å². The summed E-state index contributed by atoms with van der Waals surface area (Å²) in [5, 5.41) is 1.25. The zero-order chi connectivity index (χ0) is 13.8. The Morgan fingerprint density at radius 3 is 2.47 bits per heavy atom. The molecule has 0 aliphatic rings. The normalized spacial score (nSPS) is 12.4. The molecule has 4 heteroatoms. The standard InChI is InChI=1S/C15H12BrClF2/c16-9-11(7-10-3-1-2-4-14(10)17)13-6-5-12(18)8-15(13)19/h1-6,8,11H,7,9H2. The van der Waals surface area contributed by atoms with Crippen LogP contribution in [-0.4, -0.2) is 5.33 Å². The summed E-state index contributed by atoms with van der Waals surface area (Å²) in [5.41, 5.74) is 1.45. The summed E-state index contributed by atoms with van der Waals surface area (Å²) < 4.78 is 26.7. The topological polar surface area (TPSA) is 0 Å². The Morgan fingerprint density at radius 1 is 1.11 bits per heavy atom. The second-order valence-electron chi connectivity index (χ2n) is 4.31. The molecule has 0 bridgehead atoms. The van der Waals surface area contributed by atoms with E-state index >= 15 is 0 Å². The van der Waals surface area contributed by atoms with Crippen LogP contribution in [0.1, 0.15) is 17.0 Å². The van der Waals surface area contributed by atoms with E-state index in [-0.39, 0.29) is 5.92 Å². The highest BCUT2D eigenvalue weighted by atomic mass is 79.9. The number of alkyl halides is 1. The van der Waals surface area contributed by atoms with Gasteiger partial charge < -0.3 is 0 Å². The fourth-order valence-electron chi connectivity index (χ4n) is 2.01. The second-order valence-corrected chi connectivity index (χ2v) is 5.37. The van der Waals surface area contributed by atoms with Gasteiger partial charge in [0, 0.05) is 22.3 Å². The summed E-state index contributed by atoms with van der Waals surface area (Å²) in [6.07, 6.45) is 0.605. The van der Waals surface area contributed by atoms with Gasteiger partial charge in [-0.25, -0.2) is 8.78 Å². The van der Waals surface area contributed by atoms with Gasteiger partial charge in [-0.1, -0.05) is 51.8 Å². The Labute approximate surface area is 124 Å². The van der Waals surface area contributed by atoms with Gasteiger partial charge in [-0.05, 0) is 29.7 Å². The molecule has 0 heterocycles. The molecule has 0 spiro atoms. The number of halogens is 4. The molecule has 2 rings (SSSR count). The van der Waals surface area contributed by atoms with Gasteiger partial charge in [-0.15, -0.1) is 0 Å². The Kier molecular flexibility index (Phi) is 4.94. The summed E-state index contributed by atoms with van der Waals surface area (Å²) >= 11 is 9.49. The van der Waals surface area contributed by atoms with Crippen molar-refractivity contribution in [2.45, 2.75) is 12.3 Å². The maximum atomic E-state index is 13.8. The second kappa shape index (κ2) is 6.49. The predicted molar refractivity (Wildman–Crippen MR) is 78.0 cm³/mol. The SMILES string of the molecule is Fc1ccc(C(CBr)Cc2ccccc2Cl)c(F)c1. The zero-order valence-electron chi connectivity index (χ0n) is 10.0. The van der Waals surface area contributed by atoms with Gasteiger partial charge in [0.25, 0.3) is 0 Å². The van der Waals surface area contributed by atoms with Crippen molar-refractivity contribution in [3.63, 3.8) is 0 Å². The minimum atomic E-state index is -0.563. The number of benzene rings is 2. The van der Waals surface area contributed by atoms with E-state index in [1.165, 1.54) is 12.1 Å². The van der Waals surface area contributed by atoms with Crippen LogP contribution in [0.4, 0.5) is 8.78 Å². The molecule has 0 nitrogen and oxygen atoms in total. The Hall–Kier alpha value is -0.930. The van der Waals surface area contributed by atoms with Crippen LogP contribution in [0, 0.1) is 11.6 Å². The molecule has 100 valence electrons. The number of rotatable bonds is 4. The lowest BCUT2D eigenvalue weighted by Crippen LogP contribution is -2.07. The predicted octanol–water partition coefficient (Wildman–Crippen LogP) is 5.34. The first-order valence-corrected chi connectivity index (χ1v) is 7.36. The first-order valence-electron chi connectivity index (χ1n) is 5.86. The Balaban J connectivity index is 2.28. The van der Waals surface area contributed by atoms with E-state index < -0.39 is 11.6 Å². The van der Waals surface area contributed by atoms with Crippen LogP contribution in [0.3, 0.4) is 0 Å². The van der Waals surface area contributed by atoms with Crippen molar-refractivity contribution in [3.05, 3.63) is 70.2 Å². The third-order valence-corrected chi connectivity index (χ3v) is 4.16. The maximum absolute atomic E-state index is 13.8. The molecule has 0 aliphatic carbocycles. The molecule has 0 amide bonds. The zero-order valence-corrected chi connectivity index (χ0v) is 12.4. The molecule has 0 N–H and O–H groups in total. The molecule has 0 saturated carbocycles. The fourth-order valence-corrected chi connectivity index (χ4v) is 2.80. The van der Waals surface area contributed by atoms with E-state index in [0.29, 0.717) is 22.3 Å². The number of hydrogen-bond donors (Lipinski definition) is 0. The van der Waals surface area contributed by atoms with Crippen LogP contribution >= 0.6 is 27.5 Å². The van der Waals surface area contributed by atoms with Crippen molar-refractivity contribution in [1.82, 2.24) is 0 Å². The Morgan fingerprint density at radius 2 is 1.84 bits per heavy atom. The molecular weight excluding hydrogens is 334 g/mol. The largest absolute Gasteiger partial charge is 0.207 e. The highest BCUT2D eigenvalue weighted by Crippen LogP contribution is 2.28. The van der Waals surface area contributed by atoms with Gasteiger partial charge >= 0.3 is 0 Å². The van der Waals surface area contributed by atoms with Crippen LogP contribution in [-0.2, 0) is 6.42 Å². The lowest BCUT2D eigenvalue weighted by Gasteiger charge is -2.16. The average Bonchev–Trinajstić information content (AvgIpc) is 2.39. The maximum Gasteiger partial charge on any atom is 0.129 e. The molecule has 19 heavy (non-hydrogen) atoms. The first kappa shape index (κ1) is 14.5. The van der Waals surface area contributed by atoms with Gasteiger partial charge in [-0.3, -0.25) is 0 Å². The third-order valence-electron chi connectivity index (χ3n) is 3.01. The fraction of sp³-hybridized carbons (Fsp3) is 0.200. The molecule has 1 atom stereocenters. The summed E-state index contributed by atoms with van der Waals surface area (Å²) in [7, 11) is 0. The lowest BCUT2D eigenvalue weighted by atomic mass is 9.93. The summed E-state index contributed by atoms with van der Waals surface area (Å²) in [6.45, 7) is 0. The lowest BCUT2D eigenvalue weighted by molar-refractivity contribution is 0.560. The van der Waals surface area contributed by atoms with Crippen molar-refractivity contribution in [1.29, 1.82) is 0 Å². The minimum Gasteiger partial charge on any atom is -0.207 e. The highest BCUT2D eigenvalue weighted by Gasteiger charge is 2.17. The molecule has 2 aromatic rings. The molecule has 0 radical (unpaired) electrons. The van der Waals surface area contributed by atoms with Crippen molar-refractivity contribution in [3.8, 4) is 0 Å². The van der Waals surface area contributed by atoms with Crippen LogP contribution in [0.5, 0.6) is 0 Å². The van der Waals surface area contributed by atoms with Crippen molar-refractivity contribution < 1.29 is 8.78 Å². The molecule has 0 fully saturated rings. The quantitative estimate of drug-likeness (QED) is 0.656. The van der Waals surface area contributed by atoms with E-state index in [9.17, 15) is 8.78 Å². The van der Waals surface area contributed by atoms with E-state index in [0.717, 1.165) is 11.6 Å². The van der Waals surface area contributed by atoms with Gasteiger partial charge in [-0.2, -0.15) is 0 Å². The average molecular weight is 346 g/mol. The summed E-state index contributed by atoms with van der Waals surface area (Å²) in [5.74, 6) is -1.16. The van der Waals surface area contributed by atoms with Crippen molar-refractivity contribution in [2.75, 3.05) is 5.33 Å². The van der Waals surface area contributed by atoms with Crippen LogP contribution in [0.25, 0.3) is 0 Å². The molecule has 0 saturated heterocycles. The molecular formula is C15H12BrClF2. The highest BCUT2D eigenvalue weighted by molar-refractivity contribution is 9.09. The van der Waals surface area contributed by atoms with E-state index in [4.69, 9.17) is 11.6 Å². The van der Waals surface area contributed by atoms with E-state index in [2.05, 4.69) is 15.9 Å². The third kappa shape index (κ3) is 3.54. The minimum absolute atomic E-state index is 0.0829. The van der Waals surface area contributed by atoms with Crippen LogP contribution in [0.2, 0.25) is 5.02 Å². The molecule has 0 aromatic heterocycles. The van der Waals surface area contributed by atoms with Crippen LogP contribution in [0.15, 0.2) is 42.5 Å². The molecule has 2 aromatic carbocycles. The van der Waals surface area contributed by atoms with E-state index in [1.807, 2.05) is 24.3 Å². The van der Waals surface area contributed by atoms with Gasteiger partial charge in [0.2, 0.25) is 0 Å².